The van der Waals surface area contributed by atoms with Gasteiger partial charge in [0.25, 0.3) is 0 Å². The average molecular weight is 265 g/mol. The van der Waals surface area contributed by atoms with Gasteiger partial charge in [0.05, 0.1) is 19.7 Å². The Morgan fingerprint density at radius 2 is 2.26 bits per heavy atom. The number of phenols is 2. The Morgan fingerprint density at radius 3 is 2.95 bits per heavy atom. The first kappa shape index (κ1) is 13.0. The molecule has 7 heteroatoms. The van der Waals surface area contributed by atoms with Crippen LogP contribution in [-0.4, -0.2) is 47.9 Å². The number of nitrogens with one attached hydrogen (secondary N) is 1. The molecule has 0 saturated carbocycles. The number of methoxy groups -OCH3 is 1. The van der Waals surface area contributed by atoms with Crippen molar-refractivity contribution >= 4 is 12.1 Å². The van der Waals surface area contributed by atoms with E-state index in [1.807, 2.05) is 0 Å². The molecule has 1 aliphatic heterocycles. The molecule has 1 aromatic rings. The molecular formula is C12H15N3O4. The summed E-state index contributed by atoms with van der Waals surface area (Å²) in [6.45, 7) is 0.368. The summed E-state index contributed by atoms with van der Waals surface area (Å²) in [5.74, 6) is 0.00809. The van der Waals surface area contributed by atoms with Crippen molar-refractivity contribution < 1.29 is 19.7 Å². The van der Waals surface area contributed by atoms with Crippen molar-refractivity contribution in [3.63, 3.8) is 0 Å². The van der Waals surface area contributed by atoms with Crippen LogP contribution < -0.4 is 5.32 Å². The summed E-state index contributed by atoms with van der Waals surface area (Å²) in [6.07, 6.45) is -0.605. The highest BCUT2D eigenvalue weighted by Crippen LogP contribution is 2.36. The van der Waals surface area contributed by atoms with E-state index in [0.717, 1.165) is 0 Å². The third-order valence-corrected chi connectivity index (χ3v) is 3.02. The summed E-state index contributed by atoms with van der Waals surface area (Å²) in [6, 6.07) is 4.50. The van der Waals surface area contributed by atoms with Crippen LogP contribution in [0.25, 0.3) is 0 Å². The summed E-state index contributed by atoms with van der Waals surface area (Å²) in [7, 11) is 3.00. The van der Waals surface area contributed by atoms with Crippen LogP contribution in [0.1, 0.15) is 11.6 Å². The average Bonchev–Trinajstić information content (AvgIpc) is 2.74. The molecule has 2 rings (SSSR count). The number of guanidine groups is 1. The minimum absolute atomic E-state index is 0.172. The molecule has 1 amide bonds. The van der Waals surface area contributed by atoms with Gasteiger partial charge in [-0.05, 0) is 6.07 Å². The topological polar surface area (TPSA) is 94.4 Å². The van der Waals surface area contributed by atoms with Crippen LogP contribution in [0.2, 0.25) is 0 Å². The lowest BCUT2D eigenvalue weighted by Crippen LogP contribution is -2.40. The normalized spacial score (nSPS) is 18.1. The van der Waals surface area contributed by atoms with Crippen LogP contribution in [0.4, 0.5) is 4.79 Å². The second kappa shape index (κ2) is 5.05. The molecule has 1 heterocycles. The fraction of sp³-hybridized carbons (Fsp3) is 0.333. The fourth-order valence-corrected chi connectivity index (χ4v) is 1.95. The van der Waals surface area contributed by atoms with E-state index in [1.54, 1.807) is 24.1 Å². The Morgan fingerprint density at radius 1 is 1.53 bits per heavy atom. The largest absolute Gasteiger partial charge is 0.504 e. The van der Waals surface area contributed by atoms with Gasteiger partial charge in [0, 0.05) is 12.6 Å². The number of hydrogen-bond acceptors (Lipinski definition) is 6. The standard InChI is InChI=1S/C12H15N3O4/c1-15-8(6-13-11(15)14-12(18)19-2)7-4-3-5-9(16)10(7)17/h3-5,8,16-17H,6H2,1-2H3,(H,13,14,18). The van der Waals surface area contributed by atoms with Crippen molar-refractivity contribution in [1.29, 1.82) is 0 Å². The van der Waals surface area contributed by atoms with E-state index in [1.165, 1.54) is 13.2 Å². The summed E-state index contributed by atoms with van der Waals surface area (Å²) in [5.41, 5.74) is 0.549. The van der Waals surface area contributed by atoms with E-state index in [2.05, 4.69) is 15.0 Å². The lowest BCUT2D eigenvalue weighted by atomic mass is 10.1. The van der Waals surface area contributed by atoms with Gasteiger partial charge < -0.3 is 19.8 Å². The zero-order chi connectivity index (χ0) is 14.0. The van der Waals surface area contributed by atoms with E-state index in [4.69, 9.17) is 0 Å². The van der Waals surface area contributed by atoms with Crippen LogP contribution in [0.15, 0.2) is 23.2 Å². The molecule has 0 fully saturated rings. The lowest BCUT2D eigenvalue weighted by molar-refractivity contribution is 0.175. The summed E-state index contributed by atoms with van der Waals surface area (Å²) in [4.78, 5) is 17.0. The van der Waals surface area contributed by atoms with Crippen molar-refractivity contribution in [1.82, 2.24) is 10.2 Å². The number of carbonyl (C=O) groups is 1. The number of aliphatic imine (C=N–C) groups is 1. The van der Waals surface area contributed by atoms with Crippen LogP contribution in [-0.2, 0) is 4.74 Å². The first-order valence-electron chi connectivity index (χ1n) is 5.67. The third-order valence-electron chi connectivity index (χ3n) is 3.02. The van der Waals surface area contributed by atoms with Gasteiger partial charge in [-0.1, -0.05) is 12.1 Å². The number of para-hydroxylation sites is 1. The second-order valence-corrected chi connectivity index (χ2v) is 4.12. The first-order valence-corrected chi connectivity index (χ1v) is 5.67. The van der Waals surface area contributed by atoms with Gasteiger partial charge in [-0.15, -0.1) is 0 Å². The molecule has 0 saturated heterocycles. The predicted octanol–water partition coefficient (Wildman–Crippen LogP) is 0.796. The van der Waals surface area contributed by atoms with Crippen molar-refractivity contribution in [2.45, 2.75) is 6.04 Å². The maximum atomic E-state index is 11.1. The predicted molar refractivity (Wildman–Crippen MR) is 68.1 cm³/mol. The van der Waals surface area contributed by atoms with E-state index in [-0.39, 0.29) is 17.5 Å². The molecule has 1 atom stereocenters. The van der Waals surface area contributed by atoms with Crippen LogP contribution in [0, 0.1) is 0 Å². The molecule has 0 aromatic heterocycles. The number of amides is 1. The van der Waals surface area contributed by atoms with Crippen LogP contribution >= 0.6 is 0 Å². The highest BCUT2D eigenvalue weighted by Gasteiger charge is 2.29. The molecule has 7 nitrogen and oxygen atoms in total. The van der Waals surface area contributed by atoms with Crippen LogP contribution in [0.3, 0.4) is 0 Å². The molecule has 0 radical (unpaired) electrons. The Balaban J connectivity index is 2.18. The SMILES string of the molecule is COC(=O)NC1=NCC(c2cccc(O)c2O)N1C. The van der Waals surface area contributed by atoms with E-state index in [0.29, 0.717) is 18.1 Å². The molecule has 0 aliphatic carbocycles. The van der Waals surface area contributed by atoms with Gasteiger partial charge in [-0.25, -0.2) is 4.79 Å². The smallest absolute Gasteiger partial charge is 0.413 e. The van der Waals surface area contributed by atoms with Crippen LogP contribution in [0.5, 0.6) is 11.5 Å². The van der Waals surface area contributed by atoms with Gasteiger partial charge in [-0.3, -0.25) is 10.3 Å². The number of benzene rings is 1. The summed E-state index contributed by atoms with van der Waals surface area (Å²) in [5, 5.41) is 21.8. The molecule has 1 aliphatic rings. The quantitative estimate of drug-likeness (QED) is 0.653. The molecule has 102 valence electrons. The van der Waals surface area contributed by atoms with Gasteiger partial charge in [-0.2, -0.15) is 0 Å². The Kier molecular flexibility index (Phi) is 3.46. The first-order chi connectivity index (χ1) is 9.04. The van der Waals surface area contributed by atoms with Crippen molar-refractivity contribution in [2.75, 3.05) is 20.7 Å². The molecule has 1 unspecified atom stereocenters. The van der Waals surface area contributed by atoms with Gasteiger partial charge >= 0.3 is 6.09 Å². The maximum Gasteiger partial charge on any atom is 0.413 e. The Bertz CT molecular complexity index is 530. The van der Waals surface area contributed by atoms with Crippen molar-refractivity contribution in [3.05, 3.63) is 23.8 Å². The zero-order valence-corrected chi connectivity index (χ0v) is 10.6. The van der Waals surface area contributed by atoms with Gasteiger partial charge in [0.15, 0.2) is 11.5 Å². The van der Waals surface area contributed by atoms with E-state index < -0.39 is 6.09 Å². The summed E-state index contributed by atoms with van der Waals surface area (Å²) < 4.78 is 4.50. The van der Waals surface area contributed by atoms with Gasteiger partial charge in [0.2, 0.25) is 5.96 Å². The summed E-state index contributed by atoms with van der Waals surface area (Å²) >= 11 is 0. The number of aromatic hydroxyl groups is 2. The van der Waals surface area contributed by atoms with Crippen molar-refractivity contribution in [3.8, 4) is 11.5 Å². The van der Waals surface area contributed by atoms with Gasteiger partial charge in [0.1, 0.15) is 0 Å². The molecule has 19 heavy (non-hydrogen) atoms. The highest BCUT2D eigenvalue weighted by atomic mass is 16.5. The number of ether oxygens (including phenoxy) is 1. The number of likely N-dealkylation sites (N-methyl/N-ethyl adjacent to an activating group) is 1. The third kappa shape index (κ3) is 2.40. The molecule has 1 aromatic carbocycles. The Labute approximate surface area is 110 Å². The van der Waals surface area contributed by atoms with E-state index >= 15 is 0 Å². The van der Waals surface area contributed by atoms with Crippen molar-refractivity contribution in [2.24, 2.45) is 4.99 Å². The molecule has 3 N–H and O–H groups in total. The number of rotatable bonds is 1. The monoisotopic (exact) mass is 265 g/mol. The number of nitrogens with zero attached hydrogens (tertiary/aromatic N) is 2. The second-order valence-electron chi connectivity index (χ2n) is 4.12. The highest BCUT2D eigenvalue weighted by molar-refractivity contribution is 5.95. The minimum Gasteiger partial charge on any atom is -0.504 e. The number of alkyl carbamates (subject to hydrolysis) is 1. The number of hydrogen-bond donors (Lipinski definition) is 3. The lowest BCUT2D eigenvalue weighted by Gasteiger charge is -2.24. The Hall–Kier alpha value is -2.44. The fourth-order valence-electron chi connectivity index (χ4n) is 1.95. The molecule has 0 spiro atoms. The van der Waals surface area contributed by atoms with E-state index in [9.17, 15) is 15.0 Å². The molecule has 0 bridgehead atoms. The minimum atomic E-state index is -0.605. The number of carbonyl (C=O) groups excluding carboxylic acids is 1. The number of phenolic OH excluding ortho intramolecular Hbond substituents is 2. The zero-order valence-electron chi connectivity index (χ0n) is 10.6. The molecular weight excluding hydrogens is 250 g/mol. The maximum absolute atomic E-state index is 11.1.